The Kier molecular flexibility index (Phi) is 6.86. The molecule has 7 aromatic carbocycles. The van der Waals surface area contributed by atoms with Crippen LogP contribution in [0.25, 0.3) is 49.7 Å². The van der Waals surface area contributed by atoms with E-state index >= 15 is 0 Å². The Balaban J connectivity index is 0.973. The molecule has 2 spiro atoms. The number of rotatable bonds is 4. The number of nitrogens with zero attached hydrogens (tertiary/aromatic N) is 2. The van der Waals surface area contributed by atoms with Crippen molar-refractivity contribution in [3.63, 3.8) is 0 Å². The molecule has 60 heavy (non-hydrogen) atoms. The van der Waals surface area contributed by atoms with Crippen LogP contribution in [0, 0.1) is 29.6 Å². The minimum absolute atomic E-state index is 0.0898. The summed E-state index contributed by atoms with van der Waals surface area (Å²) in [5.74, 6) is 3.96. The predicted octanol–water partition coefficient (Wildman–Crippen LogP) is 15.1. The van der Waals surface area contributed by atoms with Gasteiger partial charge in [-0.15, -0.1) is 0 Å². The van der Waals surface area contributed by atoms with Crippen molar-refractivity contribution < 1.29 is 0 Å². The quantitative estimate of drug-likeness (QED) is 0.173. The van der Waals surface area contributed by atoms with Gasteiger partial charge in [0.25, 0.3) is 0 Å². The first-order chi connectivity index (χ1) is 29.6. The molecule has 6 atom stereocenters. The van der Waals surface area contributed by atoms with E-state index < -0.39 is 0 Å². The summed E-state index contributed by atoms with van der Waals surface area (Å²) in [5.41, 5.74) is 19.8. The summed E-state index contributed by atoms with van der Waals surface area (Å²) in [6.45, 7) is 2.61. The number of fused-ring (bicyclic) bond motifs is 11. The number of anilines is 3. The molecule has 0 radical (unpaired) electrons. The number of hydrogen-bond donors (Lipinski definition) is 0. The van der Waals surface area contributed by atoms with Gasteiger partial charge in [0, 0.05) is 44.4 Å². The molecule has 2 nitrogen and oxygen atoms in total. The van der Waals surface area contributed by atoms with Crippen LogP contribution in [0.5, 0.6) is 0 Å². The van der Waals surface area contributed by atoms with Crippen LogP contribution in [0.15, 0.2) is 158 Å². The maximum absolute atomic E-state index is 2.67. The van der Waals surface area contributed by atoms with Crippen molar-refractivity contribution in [1.29, 1.82) is 0 Å². The molecule has 2 heteroatoms. The largest absolute Gasteiger partial charge is 0.310 e. The zero-order valence-electron chi connectivity index (χ0n) is 34.4. The highest BCUT2D eigenvalue weighted by Gasteiger charge is 2.64. The molecule has 5 fully saturated rings. The topological polar surface area (TPSA) is 8.17 Å². The first-order valence-electron chi connectivity index (χ1n) is 23.0. The van der Waals surface area contributed by atoms with Gasteiger partial charge in [-0.2, -0.15) is 0 Å². The first-order valence-corrected chi connectivity index (χ1v) is 23.0. The average Bonchev–Trinajstić information content (AvgIpc) is 4.06. The molecule has 0 N–H and O–H groups in total. The van der Waals surface area contributed by atoms with E-state index in [4.69, 9.17) is 0 Å². The summed E-state index contributed by atoms with van der Waals surface area (Å²) in [6.07, 6.45) is 10.7. The number of hydrogen-bond acceptors (Lipinski definition) is 1. The average molecular weight is 775 g/mol. The molecule has 0 saturated heterocycles. The lowest BCUT2D eigenvalue weighted by atomic mass is 9.40. The van der Waals surface area contributed by atoms with Crippen LogP contribution < -0.4 is 4.90 Å². The second kappa shape index (κ2) is 12.1. The van der Waals surface area contributed by atoms with E-state index in [0.717, 1.165) is 17.8 Å². The maximum Gasteiger partial charge on any atom is 0.0541 e. The summed E-state index contributed by atoms with van der Waals surface area (Å²) in [6, 6.07) is 61.2. The van der Waals surface area contributed by atoms with Gasteiger partial charge in [0.15, 0.2) is 0 Å². The van der Waals surface area contributed by atoms with Gasteiger partial charge >= 0.3 is 0 Å². The van der Waals surface area contributed by atoms with Crippen LogP contribution in [0.1, 0.15) is 80.5 Å². The highest BCUT2D eigenvalue weighted by Crippen LogP contribution is 2.71. The van der Waals surface area contributed by atoms with Crippen LogP contribution in [0.3, 0.4) is 0 Å². The minimum Gasteiger partial charge on any atom is -0.310 e. The summed E-state index contributed by atoms with van der Waals surface area (Å²) >= 11 is 0. The summed E-state index contributed by atoms with van der Waals surface area (Å²) in [7, 11) is 0. The number of benzene rings is 7. The Labute approximate surface area is 353 Å². The van der Waals surface area contributed by atoms with Gasteiger partial charge in [0.2, 0.25) is 0 Å². The standard InChI is InChI=1S/C58H50N2/c1-36-38-30-37-31-39(33-38)58(53(36)32-37)52-17-7-3-12-44(52)46-26-24-43(35-54(46)58)59(42-25-27-51-49(34-42)45-13-2-6-16-50(45)57(51)28-10-11-29-57)40-20-22-41(23-21-40)60-55-18-8-4-14-47(55)48-15-5-9-19-56(48)60/h2-9,12-27,34-39,53H,10-11,28-33H2,1H3/t36-,37?,38?,39?,53?,58?/m0/s1. The zero-order valence-corrected chi connectivity index (χ0v) is 34.4. The molecular weight excluding hydrogens is 725 g/mol. The van der Waals surface area contributed by atoms with Gasteiger partial charge in [-0.25, -0.2) is 0 Å². The fourth-order valence-electron chi connectivity index (χ4n) is 15.1. The molecule has 5 unspecified atom stereocenters. The second-order valence-corrected chi connectivity index (χ2v) is 19.7. The fourth-order valence-corrected chi connectivity index (χ4v) is 15.1. The third kappa shape index (κ3) is 4.25. The van der Waals surface area contributed by atoms with E-state index in [9.17, 15) is 0 Å². The Hall–Kier alpha value is -5.86. The summed E-state index contributed by atoms with van der Waals surface area (Å²) < 4.78 is 2.44. The Morgan fingerprint density at radius 2 is 1.10 bits per heavy atom. The maximum atomic E-state index is 2.67. The van der Waals surface area contributed by atoms with Gasteiger partial charge in [-0.1, -0.05) is 117 Å². The lowest BCUT2D eigenvalue weighted by Crippen LogP contribution is -2.58. The highest BCUT2D eigenvalue weighted by molar-refractivity contribution is 6.09. The van der Waals surface area contributed by atoms with Crippen molar-refractivity contribution in [2.45, 2.75) is 69.1 Å². The van der Waals surface area contributed by atoms with Gasteiger partial charge in [-0.05, 0) is 173 Å². The normalized spacial score (nSPS) is 25.9. The number of para-hydroxylation sites is 2. The molecule has 4 bridgehead atoms. The van der Waals surface area contributed by atoms with Crippen molar-refractivity contribution in [3.05, 3.63) is 180 Å². The summed E-state index contributed by atoms with van der Waals surface area (Å²) in [4.78, 5) is 2.59. The van der Waals surface area contributed by atoms with E-state index in [0.29, 0.717) is 11.8 Å². The molecule has 0 amide bonds. The van der Waals surface area contributed by atoms with Crippen LogP contribution in [0.2, 0.25) is 0 Å². The van der Waals surface area contributed by atoms with Crippen molar-refractivity contribution in [1.82, 2.24) is 4.57 Å². The van der Waals surface area contributed by atoms with Gasteiger partial charge in [0.1, 0.15) is 0 Å². The highest BCUT2D eigenvalue weighted by atomic mass is 15.1. The monoisotopic (exact) mass is 774 g/mol. The third-order valence-corrected chi connectivity index (χ3v) is 17.3. The lowest BCUT2D eigenvalue weighted by Gasteiger charge is -2.64. The molecule has 0 aliphatic heterocycles. The van der Waals surface area contributed by atoms with Gasteiger partial charge < -0.3 is 9.47 Å². The smallest absolute Gasteiger partial charge is 0.0541 e. The van der Waals surface area contributed by atoms with Crippen LogP contribution in [0.4, 0.5) is 17.1 Å². The first kappa shape index (κ1) is 33.9. The fraction of sp³-hybridized carbons (Fsp3) is 0.276. The SMILES string of the molecule is C[C@H]1C2CC3CC(C2)C2(c4ccccc4-c4ccc(N(c5ccc(-n6c7ccccc7c7ccccc76)cc5)c5ccc6c(c5)-c5ccccc5C65CCCC5)cc42)C1C3. The molecule has 8 aromatic rings. The Bertz CT molecular complexity index is 3020. The minimum atomic E-state index is 0.0898. The molecule has 7 aliphatic carbocycles. The molecule has 15 rings (SSSR count). The van der Waals surface area contributed by atoms with E-state index in [-0.39, 0.29) is 10.8 Å². The molecule has 292 valence electrons. The van der Waals surface area contributed by atoms with Crippen LogP contribution >= 0.6 is 0 Å². The van der Waals surface area contributed by atoms with Crippen molar-refractivity contribution in [2.24, 2.45) is 29.6 Å². The second-order valence-electron chi connectivity index (χ2n) is 19.7. The molecule has 7 aliphatic rings. The van der Waals surface area contributed by atoms with E-state index in [1.807, 2.05) is 0 Å². The van der Waals surface area contributed by atoms with Crippen molar-refractivity contribution >= 4 is 38.9 Å². The Morgan fingerprint density at radius 1 is 0.500 bits per heavy atom. The van der Waals surface area contributed by atoms with Gasteiger partial charge in [-0.3, -0.25) is 0 Å². The van der Waals surface area contributed by atoms with Crippen LogP contribution in [-0.2, 0) is 10.8 Å². The third-order valence-electron chi connectivity index (χ3n) is 17.3. The summed E-state index contributed by atoms with van der Waals surface area (Å²) in [5, 5.41) is 2.59. The molecule has 1 heterocycles. The molecule has 5 saturated carbocycles. The predicted molar refractivity (Wildman–Crippen MR) is 248 cm³/mol. The Morgan fingerprint density at radius 3 is 1.87 bits per heavy atom. The van der Waals surface area contributed by atoms with Crippen molar-refractivity contribution in [2.75, 3.05) is 4.90 Å². The van der Waals surface area contributed by atoms with Crippen molar-refractivity contribution in [3.8, 4) is 27.9 Å². The van der Waals surface area contributed by atoms with E-state index in [2.05, 4.69) is 174 Å². The van der Waals surface area contributed by atoms with Gasteiger partial charge in [0.05, 0.1) is 11.0 Å². The number of aromatic nitrogens is 1. The molecular formula is C58H50N2. The van der Waals surface area contributed by atoms with E-state index in [1.54, 1.807) is 16.7 Å². The molecule has 1 aromatic heterocycles. The lowest BCUT2D eigenvalue weighted by molar-refractivity contribution is -0.0817. The van der Waals surface area contributed by atoms with Crippen LogP contribution in [-0.4, -0.2) is 4.57 Å². The van der Waals surface area contributed by atoms with E-state index in [1.165, 1.54) is 124 Å². The zero-order chi connectivity index (χ0) is 39.3.